The second-order valence-electron chi connectivity index (χ2n) is 9.02. The number of anilines is 2. The van der Waals surface area contributed by atoms with Crippen molar-refractivity contribution in [2.75, 3.05) is 37.5 Å². The summed E-state index contributed by atoms with van der Waals surface area (Å²) in [5.41, 5.74) is 5.71. The van der Waals surface area contributed by atoms with Crippen LogP contribution in [0.4, 0.5) is 11.5 Å². The number of ether oxygens (including phenoxy) is 2. The number of aromatic nitrogens is 2. The van der Waals surface area contributed by atoms with Crippen LogP contribution in [0.15, 0.2) is 15.7 Å². The van der Waals surface area contributed by atoms with Crippen molar-refractivity contribution in [2.45, 2.75) is 46.6 Å². The zero-order chi connectivity index (χ0) is 25.0. The molecule has 0 spiro atoms. The monoisotopic (exact) mass is 492 g/mol. The van der Waals surface area contributed by atoms with Gasteiger partial charge in [0.1, 0.15) is 10.7 Å². The smallest absolute Gasteiger partial charge is 0.348 e. The fraction of sp³-hybridized carbons (Fsp3) is 0.565. The average Bonchev–Trinajstić information content (AvgIpc) is 3.20. The van der Waals surface area contributed by atoms with Crippen LogP contribution in [-0.4, -0.2) is 48.3 Å². The first-order valence-electron chi connectivity index (χ1n) is 11.3. The van der Waals surface area contributed by atoms with Gasteiger partial charge in [-0.25, -0.2) is 9.59 Å². The number of amides is 1. The summed E-state index contributed by atoms with van der Waals surface area (Å²) >= 11 is 1.40. The molecule has 0 aromatic carbocycles. The zero-order valence-corrected chi connectivity index (χ0v) is 20.8. The van der Waals surface area contributed by atoms with Crippen LogP contribution in [0.2, 0.25) is 0 Å². The van der Waals surface area contributed by atoms with Crippen molar-refractivity contribution in [1.82, 2.24) is 9.55 Å². The van der Waals surface area contributed by atoms with Crippen LogP contribution in [0.3, 0.4) is 0 Å². The number of nitrogens with one attached hydrogen (secondary N) is 1. The van der Waals surface area contributed by atoms with Crippen molar-refractivity contribution in [3.05, 3.63) is 42.2 Å². The number of methoxy groups -OCH3 is 1. The number of esters is 1. The minimum Gasteiger partial charge on any atom is -0.451 e. The second kappa shape index (κ2) is 11.0. The van der Waals surface area contributed by atoms with E-state index in [1.165, 1.54) is 27.9 Å². The Morgan fingerprint density at radius 3 is 2.76 bits per heavy atom. The van der Waals surface area contributed by atoms with E-state index in [2.05, 4.69) is 11.9 Å². The third kappa shape index (κ3) is 5.76. The highest BCUT2D eigenvalue weighted by Crippen LogP contribution is 2.32. The highest BCUT2D eigenvalue weighted by molar-refractivity contribution is 7.14. The molecule has 0 bridgehead atoms. The second-order valence-corrected chi connectivity index (χ2v) is 10.2. The lowest BCUT2D eigenvalue weighted by molar-refractivity contribution is -0.121. The quantitative estimate of drug-likeness (QED) is 0.509. The number of nitrogen functional groups attached to an aromatic ring is 1. The molecule has 1 unspecified atom stereocenters. The van der Waals surface area contributed by atoms with E-state index in [-0.39, 0.29) is 37.1 Å². The van der Waals surface area contributed by atoms with Gasteiger partial charge in [-0.15, -0.1) is 11.3 Å². The molecule has 1 amide bonds. The van der Waals surface area contributed by atoms with Gasteiger partial charge in [-0.3, -0.25) is 24.0 Å². The van der Waals surface area contributed by atoms with Crippen molar-refractivity contribution in [1.29, 1.82) is 0 Å². The molecule has 3 rings (SSSR count). The van der Waals surface area contributed by atoms with Crippen molar-refractivity contribution in [3.8, 4) is 0 Å². The van der Waals surface area contributed by atoms with Gasteiger partial charge >= 0.3 is 11.7 Å². The van der Waals surface area contributed by atoms with E-state index in [0.29, 0.717) is 10.8 Å². The number of hydrogen-bond acceptors (Lipinski definition) is 8. The molecule has 34 heavy (non-hydrogen) atoms. The topological polar surface area (TPSA) is 137 Å². The minimum atomic E-state index is -0.793. The van der Waals surface area contributed by atoms with Gasteiger partial charge in [0.2, 0.25) is 0 Å². The maximum atomic E-state index is 13.0. The molecule has 0 saturated heterocycles. The van der Waals surface area contributed by atoms with E-state index >= 15 is 0 Å². The molecule has 0 fully saturated rings. The van der Waals surface area contributed by atoms with E-state index in [0.717, 1.165) is 29.7 Å². The normalized spacial score (nSPS) is 15.3. The van der Waals surface area contributed by atoms with Gasteiger partial charge in [0.05, 0.1) is 6.61 Å². The number of nitrogens with zero attached hydrogens (tertiary/aromatic N) is 2. The number of thiophene rings is 1. The Morgan fingerprint density at radius 2 is 2.09 bits per heavy atom. The number of fused-ring (bicyclic) bond motifs is 1. The summed E-state index contributed by atoms with van der Waals surface area (Å²) in [5.74, 6) is -0.712. The summed E-state index contributed by atoms with van der Waals surface area (Å²) in [5, 5.41) is 0. The van der Waals surface area contributed by atoms with E-state index in [4.69, 9.17) is 15.2 Å². The average molecular weight is 493 g/mol. The lowest BCUT2D eigenvalue weighted by Gasteiger charge is -2.24. The molecule has 0 saturated carbocycles. The summed E-state index contributed by atoms with van der Waals surface area (Å²) in [6, 6.07) is 1.84. The Morgan fingerprint density at radius 1 is 1.35 bits per heavy atom. The predicted octanol–water partition coefficient (Wildman–Crippen LogP) is 1.80. The molecule has 11 heteroatoms. The van der Waals surface area contributed by atoms with Crippen molar-refractivity contribution >= 4 is 34.7 Å². The molecule has 1 aliphatic carbocycles. The van der Waals surface area contributed by atoms with Gasteiger partial charge in [-0.2, -0.15) is 0 Å². The molecule has 1 atom stereocenters. The lowest BCUT2D eigenvalue weighted by Crippen LogP contribution is -2.44. The summed E-state index contributed by atoms with van der Waals surface area (Å²) in [6.07, 6.45) is 2.95. The number of aromatic amines is 1. The van der Waals surface area contributed by atoms with Crippen LogP contribution < -0.4 is 21.9 Å². The summed E-state index contributed by atoms with van der Waals surface area (Å²) in [6.45, 7) is 5.76. The summed E-state index contributed by atoms with van der Waals surface area (Å²) < 4.78 is 11.6. The molecule has 10 nitrogen and oxygen atoms in total. The van der Waals surface area contributed by atoms with E-state index in [1.54, 1.807) is 0 Å². The van der Waals surface area contributed by atoms with Crippen LogP contribution in [-0.2, 0) is 33.7 Å². The molecule has 1 aliphatic rings. The molecule has 2 aromatic heterocycles. The first-order valence-corrected chi connectivity index (χ1v) is 12.1. The Bertz CT molecular complexity index is 1170. The van der Waals surface area contributed by atoms with Crippen molar-refractivity contribution < 1.29 is 19.1 Å². The highest BCUT2D eigenvalue weighted by atomic mass is 32.1. The van der Waals surface area contributed by atoms with Crippen LogP contribution in [0.1, 0.15) is 47.3 Å². The lowest BCUT2D eigenvalue weighted by atomic mass is 9.90. The fourth-order valence-corrected chi connectivity index (χ4v) is 5.11. The number of nitrogens with two attached hydrogens (primary N) is 1. The highest BCUT2D eigenvalue weighted by Gasteiger charge is 2.26. The number of rotatable bonds is 9. The van der Waals surface area contributed by atoms with Crippen LogP contribution in [0.25, 0.3) is 0 Å². The van der Waals surface area contributed by atoms with E-state index in [1.807, 2.05) is 19.9 Å². The Labute approximate surface area is 201 Å². The van der Waals surface area contributed by atoms with Crippen LogP contribution in [0, 0.1) is 11.8 Å². The number of aryl methyl sites for hydroxylation is 1. The molecule has 186 valence electrons. The number of carbonyl (C=O) groups excluding carboxylic acids is 2. The van der Waals surface area contributed by atoms with Gasteiger partial charge in [0.15, 0.2) is 12.3 Å². The zero-order valence-electron chi connectivity index (χ0n) is 20.0. The maximum absolute atomic E-state index is 13.0. The van der Waals surface area contributed by atoms with Crippen molar-refractivity contribution in [3.63, 3.8) is 0 Å². The first-order chi connectivity index (χ1) is 16.1. The van der Waals surface area contributed by atoms with Gasteiger partial charge < -0.3 is 15.2 Å². The maximum Gasteiger partial charge on any atom is 0.348 e. The van der Waals surface area contributed by atoms with Gasteiger partial charge in [-0.1, -0.05) is 20.8 Å². The van der Waals surface area contributed by atoms with E-state index in [9.17, 15) is 19.2 Å². The van der Waals surface area contributed by atoms with Crippen LogP contribution in [0.5, 0.6) is 0 Å². The standard InChI is InChI=1S/C23H32N4O6S/c1-13(2)11-27-20(24)19(21(29)25-23(27)31)26(7-8-32-4)18(28)12-33-22(30)17-10-15-9-14(3)5-6-16(15)34-17/h10,13-14H,5-9,11-12,24H2,1-4H3,(H,25,29,31). The van der Waals surface area contributed by atoms with Gasteiger partial charge in [0, 0.05) is 25.1 Å². The SMILES string of the molecule is COCCN(C(=O)COC(=O)c1cc2c(s1)CCC(C)C2)c1c(N)n(CC(C)C)c(=O)[nH]c1=O. The molecular formula is C23H32N4O6S. The first kappa shape index (κ1) is 25.7. The Hall–Kier alpha value is -2.92. The molecule has 0 aliphatic heterocycles. The molecule has 2 aromatic rings. The Balaban J connectivity index is 1.81. The van der Waals surface area contributed by atoms with Gasteiger partial charge in [-0.05, 0) is 42.7 Å². The Kier molecular flexibility index (Phi) is 8.32. The minimum absolute atomic E-state index is 0.00870. The molecule has 3 N–H and O–H groups in total. The van der Waals surface area contributed by atoms with E-state index < -0.39 is 29.7 Å². The number of hydrogen-bond donors (Lipinski definition) is 2. The third-order valence-corrected chi connectivity index (χ3v) is 6.93. The molecule has 2 heterocycles. The third-order valence-electron chi connectivity index (χ3n) is 5.71. The van der Waals surface area contributed by atoms with Gasteiger partial charge in [0.25, 0.3) is 11.5 Å². The van der Waals surface area contributed by atoms with Crippen molar-refractivity contribution in [2.24, 2.45) is 11.8 Å². The predicted molar refractivity (Wildman–Crippen MR) is 131 cm³/mol. The fourth-order valence-electron chi connectivity index (χ4n) is 4.01. The van der Waals surface area contributed by atoms with Crippen LogP contribution >= 0.6 is 11.3 Å². The number of H-pyrrole nitrogens is 1. The summed E-state index contributed by atoms with van der Waals surface area (Å²) in [7, 11) is 1.45. The largest absolute Gasteiger partial charge is 0.451 e. The number of carbonyl (C=O) groups is 2. The summed E-state index contributed by atoms with van der Waals surface area (Å²) in [4.78, 5) is 55.5. The molecule has 0 radical (unpaired) electrons. The molecular weight excluding hydrogens is 460 g/mol.